The summed E-state index contributed by atoms with van der Waals surface area (Å²) in [6, 6.07) is 11.7. The van der Waals surface area contributed by atoms with Crippen molar-refractivity contribution < 1.29 is 14.4 Å². The van der Waals surface area contributed by atoms with E-state index in [1.165, 1.54) is 0 Å². The smallest absolute Gasteiger partial charge is 0.159 e. The second kappa shape index (κ2) is 7.46. The maximum absolute atomic E-state index is 13.6. The number of benzene rings is 2. The summed E-state index contributed by atoms with van der Waals surface area (Å²) < 4.78 is 0. The van der Waals surface area contributed by atoms with Crippen LogP contribution in [0.2, 0.25) is 0 Å². The first-order valence-corrected chi connectivity index (χ1v) is 10.3. The second-order valence-electron chi connectivity index (χ2n) is 8.23. The molecule has 0 saturated carbocycles. The van der Waals surface area contributed by atoms with Gasteiger partial charge in [-0.2, -0.15) is 0 Å². The van der Waals surface area contributed by atoms with E-state index < -0.39 is 0 Å². The molecule has 0 N–H and O–H groups in total. The van der Waals surface area contributed by atoms with Gasteiger partial charge in [0.2, 0.25) is 0 Å². The molecule has 0 saturated heterocycles. The lowest BCUT2D eigenvalue weighted by molar-refractivity contribution is -0.122. The van der Waals surface area contributed by atoms with Crippen LogP contribution in [0.15, 0.2) is 36.4 Å². The van der Waals surface area contributed by atoms with Gasteiger partial charge in [-0.3, -0.25) is 14.4 Å². The first-order valence-electron chi connectivity index (χ1n) is 10.3. The SMILES string of the molecule is CC(=O)c1ccc2c(c1)CCCC2C(=O)C1CCCc2cc(C(C)=O)ccc21. The minimum Gasteiger partial charge on any atom is -0.298 e. The fourth-order valence-electron chi connectivity index (χ4n) is 4.90. The third kappa shape index (κ3) is 3.34. The minimum atomic E-state index is -0.0896. The van der Waals surface area contributed by atoms with Crippen LogP contribution in [0.25, 0.3) is 0 Å². The van der Waals surface area contributed by atoms with Crippen LogP contribution in [0.4, 0.5) is 0 Å². The molecule has 0 spiro atoms. The normalized spacial score (nSPS) is 20.8. The van der Waals surface area contributed by atoms with E-state index >= 15 is 0 Å². The molecular formula is C25H26O3. The number of Topliss-reactive ketones (excluding diaryl/α,β-unsaturated/α-hetero) is 3. The molecular weight excluding hydrogens is 348 g/mol. The Morgan fingerprint density at radius 1 is 0.714 bits per heavy atom. The van der Waals surface area contributed by atoms with E-state index in [-0.39, 0.29) is 23.4 Å². The Hall–Kier alpha value is -2.55. The number of hydrogen-bond acceptors (Lipinski definition) is 3. The van der Waals surface area contributed by atoms with E-state index in [0.717, 1.165) is 71.9 Å². The van der Waals surface area contributed by atoms with Gasteiger partial charge < -0.3 is 0 Å². The molecule has 0 radical (unpaired) electrons. The Balaban J connectivity index is 1.67. The van der Waals surface area contributed by atoms with Gasteiger partial charge in [-0.1, -0.05) is 24.3 Å². The zero-order valence-corrected chi connectivity index (χ0v) is 16.6. The van der Waals surface area contributed by atoms with Gasteiger partial charge in [-0.25, -0.2) is 0 Å². The second-order valence-corrected chi connectivity index (χ2v) is 8.23. The summed E-state index contributed by atoms with van der Waals surface area (Å²) in [4.78, 5) is 37.0. The fourth-order valence-corrected chi connectivity index (χ4v) is 4.90. The van der Waals surface area contributed by atoms with Crippen molar-refractivity contribution in [1.82, 2.24) is 0 Å². The third-order valence-corrected chi connectivity index (χ3v) is 6.41. The van der Waals surface area contributed by atoms with Crippen LogP contribution in [-0.2, 0) is 17.6 Å². The number of aryl methyl sites for hydroxylation is 2. The molecule has 144 valence electrons. The molecule has 0 aliphatic heterocycles. The van der Waals surface area contributed by atoms with E-state index in [4.69, 9.17) is 0 Å². The van der Waals surface area contributed by atoms with Gasteiger partial charge >= 0.3 is 0 Å². The highest BCUT2D eigenvalue weighted by molar-refractivity contribution is 5.97. The van der Waals surface area contributed by atoms with E-state index in [9.17, 15) is 14.4 Å². The average molecular weight is 374 g/mol. The van der Waals surface area contributed by atoms with Gasteiger partial charge in [0, 0.05) is 23.0 Å². The summed E-state index contributed by atoms with van der Waals surface area (Å²) in [7, 11) is 0. The minimum absolute atomic E-state index is 0.0683. The molecule has 4 rings (SSSR count). The molecule has 3 heteroatoms. The summed E-state index contributed by atoms with van der Waals surface area (Å²) in [5.74, 6) is 0.256. The van der Waals surface area contributed by atoms with Crippen molar-refractivity contribution in [2.24, 2.45) is 0 Å². The molecule has 0 bridgehead atoms. The molecule has 28 heavy (non-hydrogen) atoms. The summed E-state index contributed by atoms with van der Waals surface area (Å²) in [5.41, 5.74) is 5.97. The molecule has 2 unspecified atom stereocenters. The van der Waals surface area contributed by atoms with Crippen LogP contribution in [0.3, 0.4) is 0 Å². The lowest BCUT2D eigenvalue weighted by Gasteiger charge is -2.31. The van der Waals surface area contributed by atoms with Crippen LogP contribution < -0.4 is 0 Å². The van der Waals surface area contributed by atoms with Gasteiger partial charge in [-0.05, 0) is 86.8 Å². The van der Waals surface area contributed by atoms with Gasteiger partial charge in [0.15, 0.2) is 11.6 Å². The van der Waals surface area contributed by atoms with Crippen LogP contribution in [-0.4, -0.2) is 17.3 Å². The lowest BCUT2D eigenvalue weighted by Crippen LogP contribution is -2.27. The highest BCUT2D eigenvalue weighted by Gasteiger charge is 2.34. The number of carbonyl (C=O) groups is 3. The van der Waals surface area contributed by atoms with E-state index in [1.807, 2.05) is 36.4 Å². The van der Waals surface area contributed by atoms with E-state index in [0.29, 0.717) is 5.78 Å². The van der Waals surface area contributed by atoms with Crippen LogP contribution in [0, 0.1) is 0 Å². The molecule has 2 aromatic carbocycles. The predicted molar refractivity (Wildman–Crippen MR) is 109 cm³/mol. The zero-order valence-electron chi connectivity index (χ0n) is 16.6. The Bertz CT molecular complexity index is 892. The summed E-state index contributed by atoms with van der Waals surface area (Å²) in [6.07, 6.45) is 5.58. The number of hydrogen-bond donors (Lipinski definition) is 0. The quantitative estimate of drug-likeness (QED) is 0.691. The topological polar surface area (TPSA) is 51.2 Å². The number of rotatable bonds is 4. The molecule has 0 aromatic heterocycles. The molecule has 3 nitrogen and oxygen atoms in total. The Morgan fingerprint density at radius 2 is 1.14 bits per heavy atom. The fraction of sp³-hybridized carbons (Fsp3) is 0.400. The average Bonchev–Trinajstić information content (AvgIpc) is 2.71. The van der Waals surface area contributed by atoms with Crippen molar-refractivity contribution in [3.8, 4) is 0 Å². The van der Waals surface area contributed by atoms with E-state index in [2.05, 4.69) is 0 Å². The summed E-state index contributed by atoms with van der Waals surface area (Å²) in [6.45, 7) is 3.17. The lowest BCUT2D eigenvalue weighted by atomic mass is 9.71. The highest BCUT2D eigenvalue weighted by Crippen LogP contribution is 2.41. The maximum Gasteiger partial charge on any atom is 0.159 e. The standard InChI is InChI=1S/C25H26O3/c1-15(26)17-9-11-21-19(13-17)5-3-7-23(21)25(28)24-8-4-6-20-14-18(16(2)27)10-12-22(20)24/h9-14,23-24H,3-8H2,1-2H3. The van der Waals surface area contributed by atoms with Crippen molar-refractivity contribution in [2.75, 3.05) is 0 Å². The third-order valence-electron chi connectivity index (χ3n) is 6.41. The Labute approximate surface area is 166 Å². The number of fused-ring (bicyclic) bond motifs is 2. The molecule has 0 heterocycles. The van der Waals surface area contributed by atoms with Crippen molar-refractivity contribution in [3.05, 3.63) is 69.8 Å². The first-order chi connectivity index (χ1) is 13.5. The molecule has 2 atom stereocenters. The molecule has 2 aromatic rings. The van der Waals surface area contributed by atoms with Gasteiger partial charge in [-0.15, -0.1) is 0 Å². The van der Waals surface area contributed by atoms with Crippen molar-refractivity contribution in [1.29, 1.82) is 0 Å². The van der Waals surface area contributed by atoms with Crippen LogP contribution in [0.5, 0.6) is 0 Å². The van der Waals surface area contributed by atoms with Gasteiger partial charge in [0.1, 0.15) is 5.78 Å². The molecule has 0 amide bonds. The zero-order chi connectivity index (χ0) is 19.8. The van der Waals surface area contributed by atoms with Crippen molar-refractivity contribution >= 4 is 17.3 Å². The van der Waals surface area contributed by atoms with Crippen LogP contribution in [0.1, 0.15) is 94.3 Å². The van der Waals surface area contributed by atoms with E-state index in [1.54, 1.807) is 13.8 Å². The predicted octanol–water partition coefficient (Wildman–Crippen LogP) is 5.20. The Morgan fingerprint density at radius 3 is 1.54 bits per heavy atom. The monoisotopic (exact) mass is 374 g/mol. The first kappa shape index (κ1) is 18.8. The van der Waals surface area contributed by atoms with Crippen molar-refractivity contribution in [3.63, 3.8) is 0 Å². The number of carbonyl (C=O) groups excluding carboxylic acids is 3. The Kier molecular flexibility index (Phi) is 5.01. The van der Waals surface area contributed by atoms with Gasteiger partial charge in [0.25, 0.3) is 0 Å². The molecule has 2 aliphatic carbocycles. The molecule has 2 aliphatic rings. The van der Waals surface area contributed by atoms with Crippen molar-refractivity contribution in [2.45, 2.75) is 64.2 Å². The maximum atomic E-state index is 13.6. The molecule has 0 fully saturated rings. The highest BCUT2D eigenvalue weighted by atomic mass is 16.1. The number of ketones is 3. The van der Waals surface area contributed by atoms with Crippen LogP contribution >= 0.6 is 0 Å². The summed E-state index contributed by atoms with van der Waals surface area (Å²) >= 11 is 0. The largest absolute Gasteiger partial charge is 0.298 e. The summed E-state index contributed by atoms with van der Waals surface area (Å²) in [5, 5.41) is 0. The van der Waals surface area contributed by atoms with Gasteiger partial charge in [0.05, 0.1) is 0 Å².